The van der Waals surface area contributed by atoms with Crippen LogP contribution in [0.3, 0.4) is 0 Å². The highest BCUT2D eigenvalue weighted by Gasteiger charge is 2.61. The van der Waals surface area contributed by atoms with Crippen molar-refractivity contribution >= 4 is 11.6 Å². The molecule has 24 heavy (non-hydrogen) atoms. The first-order valence-corrected chi connectivity index (χ1v) is 8.24. The van der Waals surface area contributed by atoms with Crippen molar-refractivity contribution in [1.29, 1.82) is 0 Å². The van der Waals surface area contributed by atoms with E-state index in [1.807, 2.05) is 30.3 Å². The van der Waals surface area contributed by atoms with Crippen molar-refractivity contribution in [1.82, 2.24) is 19.7 Å². The second kappa shape index (κ2) is 5.69. The monoisotopic (exact) mass is 340 g/mol. The second-order valence-electron chi connectivity index (χ2n) is 6.26. The van der Waals surface area contributed by atoms with Crippen LogP contribution in [0.2, 0.25) is 5.02 Å². The van der Waals surface area contributed by atoms with Crippen molar-refractivity contribution in [2.24, 2.45) is 0 Å². The molecule has 0 saturated heterocycles. The molecular weight excluding hydrogens is 324 g/mol. The largest absolute Gasteiger partial charge is 0.382 e. The van der Waals surface area contributed by atoms with Gasteiger partial charge in [0.05, 0.1) is 6.54 Å². The average molecular weight is 341 g/mol. The number of benzene rings is 1. The first-order chi connectivity index (χ1) is 11.6. The summed E-state index contributed by atoms with van der Waals surface area (Å²) in [6.07, 6.45) is 6.61. The van der Waals surface area contributed by atoms with Crippen LogP contribution in [0.1, 0.15) is 24.1 Å². The van der Waals surface area contributed by atoms with Gasteiger partial charge in [-0.2, -0.15) is 5.10 Å². The molecule has 1 aliphatic carbocycles. The Hall–Kier alpha value is -2.24. The Labute approximate surface area is 145 Å². The molecule has 0 radical (unpaired) electrons. The molecule has 6 heteroatoms. The van der Waals surface area contributed by atoms with Crippen LogP contribution < -0.4 is 0 Å². The van der Waals surface area contributed by atoms with E-state index < -0.39 is 11.0 Å². The molecule has 2 aromatic heterocycles. The molecular formula is C18H17ClN4O. The fourth-order valence-electron chi connectivity index (χ4n) is 3.45. The molecule has 1 atom stereocenters. The van der Waals surface area contributed by atoms with E-state index in [0.29, 0.717) is 11.6 Å². The Morgan fingerprint density at radius 2 is 1.96 bits per heavy atom. The Bertz CT molecular complexity index is 816. The summed E-state index contributed by atoms with van der Waals surface area (Å²) in [4.78, 5) is 8.51. The van der Waals surface area contributed by atoms with Crippen LogP contribution in [0.25, 0.3) is 0 Å². The second-order valence-corrected chi connectivity index (χ2v) is 6.69. The van der Waals surface area contributed by atoms with Gasteiger partial charge < -0.3 is 5.11 Å². The number of aromatic nitrogens is 4. The van der Waals surface area contributed by atoms with E-state index in [1.54, 1.807) is 29.3 Å². The van der Waals surface area contributed by atoms with Crippen LogP contribution in [-0.2, 0) is 17.6 Å². The molecule has 2 heterocycles. The van der Waals surface area contributed by atoms with Gasteiger partial charge in [0.2, 0.25) is 0 Å². The number of nitrogens with zero attached hydrogens (tertiary/aromatic N) is 4. The van der Waals surface area contributed by atoms with Crippen molar-refractivity contribution in [3.63, 3.8) is 0 Å². The SMILES string of the molecule is OC(Cn1cncn1)(c1ccc(Cl)cc1)C1(c2ccccn2)CC1. The molecule has 1 saturated carbocycles. The predicted molar refractivity (Wildman–Crippen MR) is 90.5 cm³/mol. The third-order valence-corrected chi connectivity index (χ3v) is 5.13. The summed E-state index contributed by atoms with van der Waals surface area (Å²) in [5.74, 6) is 0. The zero-order chi connectivity index (χ0) is 16.6. The zero-order valence-electron chi connectivity index (χ0n) is 13.0. The molecule has 0 amide bonds. The number of pyridine rings is 1. The van der Waals surface area contributed by atoms with Gasteiger partial charge in [0, 0.05) is 22.3 Å². The summed E-state index contributed by atoms with van der Waals surface area (Å²) in [7, 11) is 0. The molecule has 1 aromatic carbocycles. The normalized spacial score (nSPS) is 18.1. The minimum Gasteiger partial charge on any atom is -0.382 e. The Balaban J connectivity index is 1.83. The van der Waals surface area contributed by atoms with Crippen molar-refractivity contribution in [2.75, 3.05) is 0 Å². The standard InChI is InChI=1S/C18H17ClN4O/c19-15-6-4-14(5-7-15)18(24,11-23-13-20-12-22-23)17(8-9-17)16-3-1-2-10-21-16/h1-7,10,12-13,24H,8-9,11H2. The van der Waals surface area contributed by atoms with Crippen LogP contribution in [0.5, 0.6) is 0 Å². The Morgan fingerprint density at radius 1 is 1.17 bits per heavy atom. The lowest BCUT2D eigenvalue weighted by Crippen LogP contribution is -2.44. The minimum atomic E-state index is -1.14. The maximum absolute atomic E-state index is 11.8. The van der Waals surface area contributed by atoms with Crippen LogP contribution in [0.4, 0.5) is 0 Å². The lowest BCUT2D eigenvalue weighted by Gasteiger charge is -2.37. The molecule has 4 rings (SSSR count). The van der Waals surface area contributed by atoms with Gasteiger partial charge in [0.1, 0.15) is 18.3 Å². The topological polar surface area (TPSA) is 63.8 Å². The van der Waals surface area contributed by atoms with Crippen molar-refractivity contribution in [2.45, 2.75) is 30.4 Å². The molecule has 1 unspecified atom stereocenters. The summed E-state index contributed by atoms with van der Waals surface area (Å²) < 4.78 is 1.66. The van der Waals surface area contributed by atoms with Gasteiger partial charge in [-0.25, -0.2) is 9.67 Å². The smallest absolute Gasteiger partial charge is 0.137 e. The highest BCUT2D eigenvalue weighted by molar-refractivity contribution is 6.30. The molecule has 1 N–H and O–H groups in total. The summed E-state index contributed by atoms with van der Waals surface area (Å²) in [6, 6.07) is 13.2. The van der Waals surface area contributed by atoms with Gasteiger partial charge in [0.15, 0.2) is 0 Å². The van der Waals surface area contributed by atoms with Crippen LogP contribution in [0, 0.1) is 0 Å². The summed E-state index contributed by atoms with van der Waals surface area (Å²) in [5, 5.41) is 16.6. The highest BCUT2D eigenvalue weighted by Crippen LogP contribution is 2.59. The van der Waals surface area contributed by atoms with Gasteiger partial charge in [-0.15, -0.1) is 0 Å². The van der Waals surface area contributed by atoms with Gasteiger partial charge in [-0.1, -0.05) is 29.8 Å². The number of halogens is 1. The summed E-state index contributed by atoms with van der Waals surface area (Å²) in [6.45, 7) is 0.311. The summed E-state index contributed by atoms with van der Waals surface area (Å²) in [5.41, 5.74) is 0.154. The van der Waals surface area contributed by atoms with Crippen molar-refractivity contribution in [3.05, 3.63) is 77.6 Å². The van der Waals surface area contributed by atoms with E-state index in [4.69, 9.17) is 11.6 Å². The van der Waals surface area contributed by atoms with Crippen LogP contribution in [-0.4, -0.2) is 24.9 Å². The first kappa shape index (κ1) is 15.3. The van der Waals surface area contributed by atoms with E-state index in [9.17, 15) is 5.11 Å². The molecule has 122 valence electrons. The minimum absolute atomic E-state index is 0.311. The third kappa shape index (κ3) is 2.41. The van der Waals surface area contributed by atoms with Gasteiger partial charge in [-0.05, 0) is 42.7 Å². The van der Waals surface area contributed by atoms with Gasteiger partial charge in [-0.3, -0.25) is 4.98 Å². The molecule has 5 nitrogen and oxygen atoms in total. The van der Waals surface area contributed by atoms with Crippen molar-refractivity contribution in [3.8, 4) is 0 Å². The van der Waals surface area contributed by atoms with E-state index in [1.165, 1.54) is 6.33 Å². The number of hydrogen-bond acceptors (Lipinski definition) is 4. The number of aliphatic hydroxyl groups is 1. The van der Waals surface area contributed by atoms with E-state index in [-0.39, 0.29) is 0 Å². The lowest BCUT2D eigenvalue weighted by molar-refractivity contribution is -0.0260. The molecule has 1 fully saturated rings. The third-order valence-electron chi connectivity index (χ3n) is 4.88. The van der Waals surface area contributed by atoms with Crippen LogP contribution >= 0.6 is 11.6 Å². The van der Waals surface area contributed by atoms with Crippen LogP contribution in [0.15, 0.2) is 61.3 Å². The highest BCUT2D eigenvalue weighted by atomic mass is 35.5. The Morgan fingerprint density at radius 3 is 2.54 bits per heavy atom. The van der Waals surface area contributed by atoms with E-state index in [2.05, 4.69) is 15.1 Å². The Kier molecular flexibility index (Phi) is 3.62. The number of hydrogen-bond donors (Lipinski definition) is 1. The van der Waals surface area contributed by atoms with Crippen molar-refractivity contribution < 1.29 is 5.11 Å². The lowest BCUT2D eigenvalue weighted by atomic mass is 9.76. The quantitative estimate of drug-likeness (QED) is 0.775. The molecule has 1 aliphatic rings. The fraction of sp³-hybridized carbons (Fsp3) is 0.278. The molecule has 0 bridgehead atoms. The van der Waals surface area contributed by atoms with Gasteiger partial charge in [0.25, 0.3) is 0 Å². The zero-order valence-corrected chi connectivity index (χ0v) is 13.8. The molecule has 3 aromatic rings. The predicted octanol–water partition coefficient (Wildman–Crippen LogP) is 2.95. The van der Waals surface area contributed by atoms with E-state index in [0.717, 1.165) is 24.1 Å². The molecule has 0 spiro atoms. The number of rotatable bonds is 5. The van der Waals surface area contributed by atoms with Gasteiger partial charge >= 0.3 is 0 Å². The maximum Gasteiger partial charge on any atom is 0.137 e. The first-order valence-electron chi connectivity index (χ1n) is 7.86. The molecule has 0 aliphatic heterocycles. The fourth-order valence-corrected chi connectivity index (χ4v) is 3.57. The maximum atomic E-state index is 11.8. The summed E-state index contributed by atoms with van der Waals surface area (Å²) >= 11 is 6.03. The van der Waals surface area contributed by atoms with E-state index >= 15 is 0 Å². The average Bonchev–Trinajstić information content (AvgIpc) is 3.29.